The maximum atomic E-state index is 12.1. The molecule has 1 aromatic carbocycles. The fourth-order valence-corrected chi connectivity index (χ4v) is 3.52. The highest BCUT2D eigenvalue weighted by Crippen LogP contribution is 2.59. The monoisotopic (exact) mass is 306 g/mol. The number of rotatable bonds is 2. The van der Waals surface area contributed by atoms with Crippen molar-refractivity contribution < 1.29 is 33.3 Å². The minimum absolute atomic E-state index is 0.162. The molecule has 0 amide bonds. The molecule has 2 bridgehead atoms. The number of carbonyl (C=O) groups excluding carboxylic acids is 2. The summed E-state index contributed by atoms with van der Waals surface area (Å²) < 4.78 is 26.3. The molecule has 1 fully saturated rings. The average molecular weight is 306 g/mol. The van der Waals surface area contributed by atoms with Gasteiger partial charge in [-0.1, -0.05) is 0 Å². The van der Waals surface area contributed by atoms with Crippen LogP contribution in [0.3, 0.4) is 0 Å². The summed E-state index contributed by atoms with van der Waals surface area (Å²) in [5.74, 6) is -1.15. The zero-order valence-corrected chi connectivity index (χ0v) is 12.0. The van der Waals surface area contributed by atoms with E-state index < -0.39 is 36.0 Å². The van der Waals surface area contributed by atoms with E-state index in [0.717, 1.165) is 11.1 Å². The molecule has 0 saturated carbocycles. The molecule has 0 radical (unpaired) electrons. The van der Waals surface area contributed by atoms with E-state index in [1.165, 1.54) is 14.2 Å². The summed E-state index contributed by atoms with van der Waals surface area (Å²) in [6.07, 6.45) is -1.07. The Bertz CT molecular complexity index is 613. The number of benzene rings is 1. The van der Waals surface area contributed by atoms with Gasteiger partial charge in [-0.15, -0.1) is 0 Å². The summed E-state index contributed by atoms with van der Waals surface area (Å²) in [7, 11) is 2.59. The summed E-state index contributed by atoms with van der Waals surface area (Å²) in [6.45, 7) is 0.162. The smallest absolute Gasteiger partial charge is 0.312 e. The molecular formula is C15H14O7. The molecular weight excluding hydrogens is 292 g/mol. The van der Waals surface area contributed by atoms with Crippen LogP contribution >= 0.6 is 0 Å². The van der Waals surface area contributed by atoms with Crippen LogP contribution in [0.1, 0.15) is 23.3 Å². The van der Waals surface area contributed by atoms with Gasteiger partial charge in [0.25, 0.3) is 0 Å². The molecule has 4 atom stereocenters. The van der Waals surface area contributed by atoms with E-state index in [4.69, 9.17) is 23.7 Å². The van der Waals surface area contributed by atoms with Crippen LogP contribution in [0.15, 0.2) is 12.1 Å². The number of fused-ring (bicyclic) bond motifs is 6. The third-order valence-corrected chi connectivity index (χ3v) is 4.47. The zero-order chi connectivity index (χ0) is 15.4. The van der Waals surface area contributed by atoms with Gasteiger partial charge in [-0.3, -0.25) is 9.59 Å². The second-order valence-electron chi connectivity index (χ2n) is 5.41. The Kier molecular flexibility index (Phi) is 2.80. The largest absolute Gasteiger partial charge is 0.469 e. The minimum atomic E-state index is -0.713. The molecule has 3 heterocycles. The maximum absolute atomic E-state index is 12.1. The number of methoxy groups -OCH3 is 2. The molecule has 0 spiro atoms. The molecule has 4 rings (SSSR count). The quantitative estimate of drug-likeness (QED) is 0.757. The molecule has 3 aliphatic rings. The molecule has 2 unspecified atom stereocenters. The topological polar surface area (TPSA) is 80.3 Å². The first-order chi connectivity index (χ1) is 10.7. The Balaban J connectivity index is 1.81. The van der Waals surface area contributed by atoms with E-state index in [9.17, 15) is 9.59 Å². The van der Waals surface area contributed by atoms with E-state index in [1.54, 1.807) is 0 Å². The fourth-order valence-electron chi connectivity index (χ4n) is 3.52. The van der Waals surface area contributed by atoms with E-state index in [1.807, 2.05) is 12.1 Å². The van der Waals surface area contributed by atoms with Gasteiger partial charge in [0.05, 0.1) is 26.4 Å². The molecule has 1 aromatic rings. The average Bonchev–Trinajstić information content (AvgIpc) is 3.23. The van der Waals surface area contributed by atoms with Crippen molar-refractivity contribution in [1.29, 1.82) is 0 Å². The standard InChI is InChI=1S/C15H14O7/c1-18-14(16)10-11(15(17)19-2)13-7-4-9-8(20-5-21-9)3-6(7)12(10)22-13/h3-4,10-13H,5H2,1-2H3/t10?,11?,12-,13+. The Morgan fingerprint density at radius 2 is 1.41 bits per heavy atom. The Labute approximate surface area is 126 Å². The number of esters is 2. The number of hydrogen-bond acceptors (Lipinski definition) is 7. The second-order valence-corrected chi connectivity index (χ2v) is 5.41. The van der Waals surface area contributed by atoms with Crippen molar-refractivity contribution in [3.8, 4) is 11.5 Å². The lowest BCUT2D eigenvalue weighted by Crippen LogP contribution is -2.35. The van der Waals surface area contributed by atoms with Gasteiger partial charge >= 0.3 is 11.9 Å². The lowest BCUT2D eigenvalue weighted by Gasteiger charge is -2.26. The summed E-state index contributed by atoms with van der Waals surface area (Å²) >= 11 is 0. The highest BCUT2D eigenvalue weighted by molar-refractivity contribution is 5.85. The van der Waals surface area contributed by atoms with Crippen LogP contribution in [-0.2, 0) is 23.8 Å². The number of carbonyl (C=O) groups is 2. The van der Waals surface area contributed by atoms with Crippen molar-refractivity contribution in [2.24, 2.45) is 11.8 Å². The van der Waals surface area contributed by atoms with Crippen LogP contribution in [0, 0.1) is 11.8 Å². The van der Waals surface area contributed by atoms with Gasteiger partial charge in [0, 0.05) is 0 Å². The number of ether oxygens (including phenoxy) is 5. The van der Waals surface area contributed by atoms with Crippen LogP contribution in [0.2, 0.25) is 0 Å². The van der Waals surface area contributed by atoms with Crippen LogP contribution in [-0.4, -0.2) is 33.0 Å². The molecule has 7 nitrogen and oxygen atoms in total. The van der Waals surface area contributed by atoms with Crippen LogP contribution in [0.5, 0.6) is 11.5 Å². The third kappa shape index (κ3) is 1.60. The predicted octanol–water partition coefficient (Wildman–Crippen LogP) is 1.12. The summed E-state index contributed by atoms with van der Waals surface area (Å²) in [5, 5.41) is 0. The molecule has 116 valence electrons. The van der Waals surface area contributed by atoms with Crippen molar-refractivity contribution in [3.63, 3.8) is 0 Å². The Morgan fingerprint density at radius 1 is 0.955 bits per heavy atom. The van der Waals surface area contributed by atoms with E-state index in [2.05, 4.69) is 0 Å². The van der Waals surface area contributed by atoms with Crippen molar-refractivity contribution in [1.82, 2.24) is 0 Å². The molecule has 7 heteroatoms. The maximum Gasteiger partial charge on any atom is 0.312 e. The van der Waals surface area contributed by atoms with E-state index >= 15 is 0 Å². The fraction of sp³-hybridized carbons (Fsp3) is 0.467. The lowest BCUT2D eigenvalue weighted by molar-refractivity contribution is -0.157. The van der Waals surface area contributed by atoms with Crippen molar-refractivity contribution in [3.05, 3.63) is 23.3 Å². The lowest BCUT2D eigenvalue weighted by atomic mass is 9.75. The van der Waals surface area contributed by atoms with Gasteiger partial charge in [0.2, 0.25) is 6.79 Å². The van der Waals surface area contributed by atoms with Crippen molar-refractivity contribution in [2.75, 3.05) is 21.0 Å². The first-order valence-electron chi connectivity index (χ1n) is 6.90. The number of hydrogen-bond donors (Lipinski definition) is 0. The van der Waals surface area contributed by atoms with Crippen LogP contribution in [0.4, 0.5) is 0 Å². The van der Waals surface area contributed by atoms with Crippen molar-refractivity contribution in [2.45, 2.75) is 12.2 Å². The van der Waals surface area contributed by atoms with Crippen LogP contribution in [0.25, 0.3) is 0 Å². The molecule has 22 heavy (non-hydrogen) atoms. The van der Waals surface area contributed by atoms with E-state index in [-0.39, 0.29) is 6.79 Å². The molecule has 0 aliphatic carbocycles. The normalized spacial score (nSPS) is 30.1. The first-order valence-corrected chi connectivity index (χ1v) is 6.90. The summed E-state index contributed by atoms with van der Waals surface area (Å²) in [4.78, 5) is 24.2. The van der Waals surface area contributed by atoms with Gasteiger partial charge in [-0.25, -0.2) is 0 Å². The van der Waals surface area contributed by atoms with E-state index in [0.29, 0.717) is 11.5 Å². The molecule has 0 aromatic heterocycles. The Hall–Kier alpha value is -2.28. The zero-order valence-electron chi connectivity index (χ0n) is 12.0. The third-order valence-electron chi connectivity index (χ3n) is 4.47. The van der Waals surface area contributed by atoms with Gasteiger partial charge in [0.1, 0.15) is 11.8 Å². The highest BCUT2D eigenvalue weighted by atomic mass is 16.7. The van der Waals surface area contributed by atoms with Gasteiger partial charge in [-0.05, 0) is 23.3 Å². The minimum Gasteiger partial charge on any atom is -0.469 e. The molecule has 0 N–H and O–H groups in total. The van der Waals surface area contributed by atoms with Crippen molar-refractivity contribution >= 4 is 11.9 Å². The first kappa shape index (κ1) is 13.4. The Morgan fingerprint density at radius 3 is 1.82 bits per heavy atom. The van der Waals surface area contributed by atoms with Gasteiger partial charge in [0.15, 0.2) is 11.5 Å². The molecule has 1 saturated heterocycles. The van der Waals surface area contributed by atoms with Crippen LogP contribution < -0.4 is 9.47 Å². The van der Waals surface area contributed by atoms with Gasteiger partial charge in [-0.2, -0.15) is 0 Å². The summed E-state index contributed by atoms with van der Waals surface area (Å²) in [6, 6.07) is 3.62. The molecule has 3 aliphatic heterocycles. The highest BCUT2D eigenvalue weighted by Gasteiger charge is 2.59. The second kappa shape index (κ2) is 4.61. The van der Waals surface area contributed by atoms with Gasteiger partial charge < -0.3 is 23.7 Å². The summed E-state index contributed by atoms with van der Waals surface area (Å²) in [5.41, 5.74) is 1.68. The SMILES string of the molecule is COC(=O)C1C(C(=O)OC)[C@H]2O[C@@H]1c1cc3c(cc12)OCO3. The predicted molar refractivity (Wildman–Crippen MR) is 70.1 cm³/mol.